The fraction of sp³-hybridized carbons (Fsp3) is 0.0500. The molecule has 0 aliphatic heterocycles. The summed E-state index contributed by atoms with van der Waals surface area (Å²) in [5.41, 5.74) is 3.46. The van der Waals surface area contributed by atoms with Gasteiger partial charge in [-0.1, -0.05) is 48.5 Å². The summed E-state index contributed by atoms with van der Waals surface area (Å²) >= 11 is 1.79. The van der Waals surface area contributed by atoms with E-state index in [0.29, 0.717) is 5.71 Å². The Balaban J connectivity index is 2.00. The number of hydrogen-bond donors (Lipinski definition) is 2. The normalized spacial score (nSPS) is 11.0. The van der Waals surface area contributed by atoms with Crippen LogP contribution in [0.3, 0.4) is 0 Å². The molecule has 0 unspecified atom stereocenters. The van der Waals surface area contributed by atoms with Gasteiger partial charge in [0.2, 0.25) is 0 Å². The first-order chi connectivity index (χ1) is 11.3. The van der Waals surface area contributed by atoms with E-state index in [-0.39, 0.29) is 0 Å². The highest BCUT2D eigenvalue weighted by Gasteiger charge is 2.15. The Kier molecular flexibility index (Phi) is 3.36. The Morgan fingerprint density at radius 2 is 1.52 bits per heavy atom. The van der Waals surface area contributed by atoms with E-state index in [1.165, 1.54) is 20.2 Å². The summed E-state index contributed by atoms with van der Waals surface area (Å²) in [6.07, 6.45) is 0. The monoisotopic (exact) mass is 316 g/mol. The molecule has 3 aromatic carbocycles. The summed E-state index contributed by atoms with van der Waals surface area (Å²) in [7, 11) is 1.90. The molecule has 4 aromatic rings. The summed E-state index contributed by atoms with van der Waals surface area (Å²) in [6.45, 7) is 0. The van der Waals surface area contributed by atoms with E-state index in [1.807, 2.05) is 37.4 Å². The maximum atomic E-state index is 8.78. The first-order valence-corrected chi connectivity index (χ1v) is 8.37. The van der Waals surface area contributed by atoms with Crippen LogP contribution in [-0.4, -0.2) is 12.8 Å². The number of hydrogen-bond acceptors (Lipinski definition) is 3. The predicted octanol–water partition coefficient (Wildman–Crippen LogP) is 5.51. The molecule has 4 rings (SSSR count). The van der Waals surface area contributed by atoms with Crippen LogP contribution in [0.15, 0.2) is 66.7 Å². The van der Waals surface area contributed by atoms with Crippen molar-refractivity contribution in [2.24, 2.45) is 0 Å². The van der Waals surface area contributed by atoms with Gasteiger partial charge in [0.15, 0.2) is 0 Å². The number of thiophene rings is 1. The van der Waals surface area contributed by atoms with Gasteiger partial charge in [-0.05, 0) is 18.2 Å². The van der Waals surface area contributed by atoms with Crippen molar-refractivity contribution >= 4 is 42.9 Å². The summed E-state index contributed by atoms with van der Waals surface area (Å²) in [5.74, 6) is 0. The van der Waals surface area contributed by atoms with Crippen LogP contribution >= 0.6 is 11.3 Å². The van der Waals surface area contributed by atoms with Crippen molar-refractivity contribution in [2.75, 3.05) is 12.4 Å². The van der Waals surface area contributed by atoms with Crippen molar-refractivity contribution in [1.29, 1.82) is 5.41 Å². The van der Waals surface area contributed by atoms with Gasteiger partial charge in [0.05, 0.1) is 5.71 Å². The molecule has 0 amide bonds. The van der Waals surface area contributed by atoms with Crippen LogP contribution in [0.25, 0.3) is 20.2 Å². The number of nitrogens with one attached hydrogen (secondary N) is 2. The van der Waals surface area contributed by atoms with Crippen molar-refractivity contribution in [3.8, 4) is 0 Å². The molecule has 0 radical (unpaired) electrons. The van der Waals surface area contributed by atoms with Crippen molar-refractivity contribution < 1.29 is 0 Å². The lowest BCUT2D eigenvalue weighted by molar-refractivity contribution is 1.44. The van der Waals surface area contributed by atoms with Gasteiger partial charge >= 0.3 is 0 Å². The minimum absolute atomic E-state index is 0.559. The molecule has 23 heavy (non-hydrogen) atoms. The molecule has 0 aliphatic carbocycles. The SMILES string of the molecule is CNc1ccccc1C(=N)c1cccc2sc3ccccc3c12. The van der Waals surface area contributed by atoms with Gasteiger partial charge in [0, 0.05) is 44.0 Å². The Morgan fingerprint density at radius 3 is 2.39 bits per heavy atom. The van der Waals surface area contributed by atoms with E-state index in [4.69, 9.17) is 5.41 Å². The lowest BCUT2D eigenvalue weighted by Crippen LogP contribution is -2.05. The molecule has 1 aromatic heterocycles. The van der Waals surface area contributed by atoms with Crippen LogP contribution in [0.1, 0.15) is 11.1 Å². The molecule has 0 saturated heterocycles. The highest BCUT2D eigenvalue weighted by atomic mass is 32.1. The van der Waals surface area contributed by atoms with Crippen LogP contribution in [-0.2, 0) is 0 Å². The van der Waals surface area contributed by atoms with Crippen molar-refractivity contribution in [3.05, 3.63) is 77.9 Å². The molecule has 3 heteroatoms. The van der Waals surface area contributed by atoms with E-state index >= 15 is 0 Å². The summed E-state index contributed by atoms with van der Waals surface area (Å²) in [6, 6.07) is 22.6. The number of anilines is 1. The second-order valence-electron chi connectivity index (χ2n) is 5.45. The van der Waals surface area contributed by atoms with Crippen LogP contribution in [0.4, 0.5) is 5.69 Å². The fourth-order valence-electron chi connectivity index (χ4n) is 3.05. The molecule has 0 atom stereocenters. The molecule has 2 nitrogen and oxygen atoms in total. The quantitative estimate of drug-likeness (QED) is 0.480. The smallest absolute Gasteiger partial charge is 0.0712 e. The fourth-order valence-corrected chi connectivity index (χ4v) is 4.18. The Labute approximate surface area is 138 Å². The first kappa shape index (κ1) is 14.0. The van der Waals surface area contributed by atoms with Gasteiger partial charge in [0.1, 0.15) is 0 Å². The third-order valence-corrected chi connectivity index (χ3v) is 5.27. The zero-order chi connectivity index (χ0) is 15.8. The summed E-state index contributed by atoms with van der Waals surface area (Å²) < 4.78 is 2.50. The van der Waals surface area contributed by atoms with E-state index in [9.17, 15) is 0 Å². The maximum Gasteiger partial charge on any atom is 0.0712 e. The van der Waals surface area contributed by atoms with Gasteiger partial charge in [-0.25, -0.2) is 0 Å². The van der Waals surface area contributed by atoms with Crippen LogP contribution in [0.5, 0.6) is 0 Å². The topological polar surface area (TPSA) is 35.9 Å². The molecule has 0 spiro atoms. The summed E-state index contributed by atoms with van der Waals surface area (Å²) in [5, 5.41) is 14.4. The number of para-hydroxylation sites is 1. The van der Waals surface area contributed by atoms with Crippen molar-refractivity contribution in [1.82, 2.24) is 0 Å². The minimum Gasteiger partial charge on any atom is -0.388 e. The van der Waals surface area contributed by atoms with E-state index in [2.05, 4.69) is 41.7 Å². The number of fused-ring (bicyclic) bond motifs is 3. The second-order valence-corrected chi connectivity index (χ2v) is 6.53. The highest BCUT2D eigenvalue weighted by Crippen LogP contribution is 2.36. The molecule has 1 heterocycles. The van der Waals surface area contributed by atoms with E-state index < -0.39 is 0 Å². The first-order valence-electron chi connectivity index (χ1n) is 7.56. The number of rotatable bonds is 3. The zero-order valence-electron chi connectivity index (χ0n) is 12.8. The van der Waals surface area contributed by atoms with Gasteiger partial charge in [0.25, 0.3) is 0 Å². The van der Waals surface area contributed by atoms with E-state index in [0.717, 1.165) is 16.8 Å². The molecule has 0 saturated carbocycles. The van der Waals surface area contributed by atoms with Crippen LogP contribution in [0, 0.1) is 5.41 Å². The number of benzene rings is 3. The largest absolute Gasteiger partial charge is 0.388 e. The third kappa shape index (κ3) is 2.21. The standard InChI is InChI=1S/C20H16N2S/c1-22-16-10-4-2-7-13(16)20(21)15-9-6-12-18-19(15)14-8-3-5-11-17(14)23-18/h2-12,21-22H,1H3. The third-order valence-electron chi connectivity index (χ3n) is 4.14. The average molecular weight is 316 g/mol. The lowest BCUT2D eigenvalue weighted by Gasteiger charge is -2.11. The predicted molar refractivity (Wildman–Crippen MR) is 101 cm³/mol. The van der Waals surface area contributed by atoms with Crippen LogP contribution < -0.4 is 5.32 Å². The lowest BCUT2D eigenvalue weighted by atomic mass is 9.96. The summed E-state index contributed by atoms with van der Waals surface area (Å²) in [4.78, 5) is 0. The average Bonchev–Trinajstić information content (AvgIpc) is 2.99. The molecule has 0 bridgehead atoms. The van der Waals surface area contributed by atoms with Gasteiger partial charge in [-0.15, -0.1) is 11.3 Å². The zero-order valence-corrected chi connectivity index (χ0v) is 13.6. The van der Waals surface area contributed by atoms with Gasteiger partial charge < -0.3 is 5.32 Å². The Hall–Kier alpha value is -2.65. The Bertz CT molecular complexity index is 1030. The van der Waals surface area contributed by atoms with Crippen LogP contribution in [0.2, 0.25) is 0 Å². The molecule has 2 N–H and O–H groups in total. The van der Waals surface area contributed by atoms with Crippen molar-refractivity contribution in [2.45, 2.75) is 0 Å². The maximum absolute atomic E-state index is 8.78. The van der Waals surface area contributed by atoms with Gasteiger partial charge in [-0.2, -0.15) is 0 Å². The second kappa shape index (κ2) is 5.52. The molecule has 112 valence electrons. The molecule has 0 aliphatic rings. The van der Waals surface area contributed by atoms with Gasteiger partial charge in [-0.3, -0.25) is 5.41 Å². The van der Waals surface area contributed by atoms with Crippen molar-refractivity contribution in [3.63, 3.8) is 0 Å². The van der Waals surface area contributed by atoms with E-state index in [1.54, 1.807) is 11.3 Å². The molecular weight excluding hydrogens is 300 g/mol. The Morgan fingerprint density at radius 1 is 0.826 bits per heavy atom. The molecule has 0 fully saturated rings. The molecular formula is C20H16N2S. The minimum atomic E-state index is 0.559. The highest BCUT2D eigenvalue weighted by molar-refractivity contribution is 7.25.